The second-order valence-electron chi connectivity index (χ2n) is 5.40. The van der Waals surface area contributed by atoms with Gasteiger partial charge in [-0.05, 0) is 33.8 Å². The van der Waals surface area contributed by atoms with E-state index in [1.165, 1.54) is 0 Å². The predicted molar refractivity (Wildman–Crippen MR) is 75.0 cm³/mol. The lowest BCUT2D eigenvalue weighted by molar-refractivity contribution is 0.0194. The summed E-state index contributed by atoms with van der Waals surface area (Å²) in [6, 6.07) is 2.01. The molecule has 5 heteroatoms. The van der Waals surface area contributed by atoms with Crippen LogP contribution in [-0.2, 0) is 17.8 Å². The van der Waals surface area contributed by atoms with Crippen LogP contribution < -0.4 is 0 Å². The highest BCUT2D eigenvalue weighted by Crippen LogP contribution is 2.16. The molecule has 1 aliphatic rings. The fourth-order valence-electron chi connectivity index (χ4n) is 1.89. The van der Waals surface area contributed by atoms with Crippen molar-refractivity contribution in [2.24, 2.45) is 0 Å². The maximum atomic E-state index is 11.9. The second-order valence-corrected chi connectivity index (χ2v) is 5.40. The Labute approximate surface area is 115 Å². The molecule has 0 saturated carbocycles. The molecule has 0 N–H and O–H groups in total. The number of hydrogen-bond donors (Lipinski definition) is 0. The van der Waals surface area contributed by atoms with E-state index in [0.29, 0.717) is 13.1 Å². The van der Waals surface area contributed by atoms with Gasteiger partial charge in [0.15, 0.2) is 0 Å². The molecular weight excluding hydrogens is 242 g/mol. The van der Waals surface area contributed by atoms with E-state index in [9.17, 15) is 4.79 Å². The minimum Gasteiger partial charge on any atom is -0.444 e. The normalized spacial score (nSPS) is 14.3. The third-order valence-corrected chi connectivity index (χ3v) is 2.57. The maximum absolute atomic E-state index is 11.9. The van der Waals surface area contributed by atoms with E-state index in [1.807, 2.05) is 52.3 Å². The summed E-state index contributed by atoms with van der Waals surface area (Å²) >= 11 is 0. The molecule has 0 fully saturated rings. The zero-order chi connectivity index (χ0) is 14.6. The van der Waals surface area contributed by atoms with Gasteiger partial charge in [-0.2, -0.15) is 5.10 Å². The summed E-state index contributed by atoms with van der Waals surface area (Å²) in [6.07, 6.45) is -0.248. The highest BCUT2D eigenvalue weighted by atomic mass is 16.6. The van der Waals surface area contributed by atoms with Crippen molar-refractivity contribution in [2.45, 2.75) is 60.2 Å². The van der Waals surface area contributed by atoms with Crippen LogP contribution in [0.3, 0.4) is 0 Å². The van der Waals surface area contributed by atoms with Gasteiger partial charge >= 0.3 is 6.09 Å². The van der Waals surface area contributed by atoms with Gasteiger partial charge in [0.1, 0.15) is 5.60 Å². The van der Waals surface area contributed by atoms with Crippen LogP contribution in [0.1, 0.15) is 46.0 Å². The van der Waals surface area contributed by atoms with Crippen molar-refractivity contribution in [1.29, 1.82) is 0 Å². The smallest absolute Gasteiger partial charge is 0.410 e. The SMILES string of the molecule is CC.Cc1cc2n(n1)CCN(C(=O)OC(C)(C)C)C2. The summed E-state index contributed by atoms with van der Waals surface area (Å²) < 4.78 is 7.31. The van der Waals surface area contributed by atoms with Crippen LogP contribution in [-0.4, -0.2) is 32.9 Å². The highest BCUT2D eigenvalue weighted by molar-refractivity contribution is 5.68. The van der Waals surface area contributed by atoms with Crippen molar-refractivity contribution in [3.8, 4) is 0 Å². The fourth-order valence-corrected chi connectivity index (χ4v) is 1.89. The van der Waals surface area contributed by atoms with Gasteiger partial charge in [-0.15, -0.1) is 0 Å². The molecule has 0 unspecified atom stereocenters. The summed E-state index contributed by atoms with van der Waals surface area (Å²) in [5.41, 5.74) is 1.62. The van der Waals surface area contributed by atoms with E-state index >= 15 is 0 Å². The Morgan fingerprint density at radius 1 is 1.32 bits per heavy atom. The highest BCUT2D eigenvalue weighted by Gasteiger charge is 2.26. The third-order valence-electron chi connectivity index (χ3n) is 2.57. The first kappa shape index (κ1) is 15.5. The van der Waals surface area contributed by atoms with E-state index in [2.05, 4.69) is 5.10 Å². The number of hydrogen-bond acceptors (Lipinski definition) is 3. The molecule has 5 nitrogen and oxygen atoms in total. The number of fused-ring (bicyclic) bond motifs is 1. The largest absolute Gasteiger partial charge is 0.444 e. The quantitative estimate of drug-likeness (QED) is 0.726. The second kappa shape index (κ2) is 6.08. The average Bonchev–Trinajstić information content (AvgIpc) is 2.68. The topological polar surface area (TPSA) is 47.4 Å². The number of carbonyl (C=O) groups is 1. The van der Waals surface area contributed by atoms with Crippen LogP contribution in [0.25, 0.3) is 0 Å². The summed E-state index contributed by atoms with van der Waals surface area (Å²) in [5.74, 6) is 0. The number of ether oxygens (including phenoxy) is 1. The van der Waals surface area contributed by atoms with Crippen LogP contribution in [0.15, 0.2) is 6.07 Å². The zero-order valence-electron chi connectivity index (χ0n) is 12.9. The molecule has 0 aliphatic carbocycles. The molecule has 19 heavy (non-hydrogen) atoms. The summed E-state index contributed by atoms with van der Waals surface area (Å²) in [7, 11) is 0. The van der Waals surface area contributed by atoms with Gasteiger partial charge in [0, 0.05) is 6.54 Å². The van der Waals surface area contributed by atoms with Crippen LogP contribution in [0.4, 0.5) is 4.79 Å². The Morgan fingerprint density at radius 3 is 2.53 bits per heavy atom. The van der Waals surface area contributed by atoms with Gasteiger partial charge in [-0.3, -0.25) is 4.68 Å². The molecule has 1 aromatic heterocycles. The summed E-state index contributed by atoms with van der Waals surface area (Å²) in [4.78, 5) is 13.6. The maximum Gasteiger partial charge on any atom is 0.410 e. The summed E-state index contributed by atoms with van der Waals surface area (Å²) in [5, 5.41) is 4.36. The molecule has 1 aliphatic heterocycles. The van der Waals surface area contributed by atoms with Crippen molar-refractivity contribution in [3.05, 3.63) is 17.5 Å². The van der Waals surface area contributed by atoms with E-state index < -0.39 is 5.60 Å². The molecule has 0 saturated heterocycles. The molecule has 2 rings (SSSR count). The molecule has 1 aromatic rings. The molecule has 0 aromatic carbocycles. The van der Waals surface area contributed by atoms with Gasteiger partial charge in [-0.25, -0.2) is 4.79 Å². The minimum atomic E-state index is -0.440. The molecule has 108 valence electrons. The van der Waals surface area contributed by atoms with E-state index in [0.717, 1.165) is 17.9 Å². The molecule has 0 atom stereocenters. The Bertz CT molecular complexity index is 432. The van der Waals surface area contributed by atoms with Crippen molar-refractivity contribution < 1.29 is 9.53 Å². The predicted octanol–water partition coefficient (Wildman–Crippen LogP) is 2.97. The summed E-state index contributed by atoms with van der Waals surface area (Å²) in [6.45, 7) is 13.6. The molecule has 0 radical (unpaired) electrons. The number of aryl methyl sites for hydroxylation is 1. The lowest BCUT2D eigenvalue weighted by Crippen LogP contribution is -2.41. The van der Waals surface area contributed by atoms with Crippen LogP contribution in [0.5, 0.6) is 0 Å². The van der Waals surface area contributed by atoms with E-state index in [-0.39, 0.29) is 6.09 Å². The van der Waals surface area contributed by atoms with Crippen LogP contribution in [0.2, 0.25) is 0 Å². The van der Waals surface area contributed by atoms with Crippen LogP contribution in [0, 0.1) is 6.92 Å². The third kappa shape index (κ3) is 4.26. The molecule has 2 heterocycles. The molecule has 0 spiro atoms. The number of nitrogens with zero attached hydrogens (tertiary/aromatic N) is 3. The van der Waals surface area contributed by atoms with E-state index in [1.54, 1.807) is 4.90 Å². The first-order valence-electron chi connectivity index (χ1n) is 6.86. The first-order valence-corrected chi connectivity index (χ1v) is 6.86. The monoisotopic (exact) mass is 267 g/mol. The van der Waals surface area contributed by atoms with Crippen molar-refractivity contribution in [1.82, 2.24) is 14.7 Å². The Balaban J connectivity index is 0.000000861. The average molecular weight is 267 g/mol. The van der Waals surface area contributed by atoms with Gasteiger partial charge in [0.25, 0.3) is 0 Å². The van der Waals surface area contributed by atoms with E-state index in [4.69, 9.17) is 4.74 Å². The van der Waals surface area contributed by atoms with Crippen molar-refractivity contribution in [3.63, 3.8) is 0 Å². The Kier molecular flexibility index (Phi) is 4.97. The number of carbonyl (C=O) groups excluding carboxylic acids is 1. The number of amides is 1. The van der Waals surface area contributed by atoms with Gasteiger partial charge in [0.05, 0.1) is 24.5 Å². The zero-order valence-corrected chi connectivity index (χ0v) is 12.9. The van der Waals surface area contributed by atoms with Crippen molar-refractivity contribution in [2.75, 3.05) is 6.54 Å². The lowest BCUT2D eigenvalue weighted by Gasteiger charge is -2.30. The van der Waals surface area contributed by atoms with Crippen LogP contribution >= 0.6 is 0 Å². The van der Waals surface area contributed by atoms with Gasteiger partial charge in [0.2, 0.25) is 0 Å². The van der Waals surface area contributed by atoms with Gasteiger partial charge in [-0.1, -0.05) is 13.8 Å². The molecular formula is C14H25N3O2. The molecule has 1 amide bonds. The first-order chi connectivity index (χ1) is 8.85. The minimum absolute atomic E-state index is 0.248. The number of aromatic nitrogens is 2. The Morgan fingerprint density at radius 2 is 1.95 bits per heavy atom. The number of rotatable bonds is 0. The van der Waals surface area contributed by atoms with Crippen molar-refractivity contribution >= 4 is 6.09 Å². The molecule has 0 bridgehead atoms. The Hall–Kier alpha value is -1.52. The standard InChI is InChI=1S/C12H19N3O2.C2H6/c1-9-7-10-8-14(5-6-15(10)13-9)11(16)17-12(2,3)4;1-2/h7H,5-6,8H2,1-4H3;1-2H3. The fraction of sp³-hybridized carbons (Fsp3) is 0.714. The van der Waals surface area contributed by atoms with Gasteiger partial charge < -0.3 is 9.64 Å². The lowest BCUT2D eigenvalue weighted by atomic mass is 10.2.